The summed E-state index contributed by atoms with van der Waals surface area (Å²) in [5, 5.41) is 2.44. The van der Waals surface area contributed by atoms with Crippen LogP contribution in [0.1, 0.15) is 33.2 Å². The predicted octanol–water partition coefficient (Wildman–Crippen LogP) is 5.54. The molecule has 0 atom stereocenters. The molecule has 0 radical (unpaired) electrons. The molecule has 1 aliphatic rings. The van der Waals surface area contributed by atoms with Crippen LogP contribution in [-0.4, -0.2) is 32.6 Å². The Morgan fingerprint density at radius 3 is 2.06 bits per heavy atom. The first-order chi connectivity index (χ1) is 17.5. The largest absolute Gasteiger partial charge is 0.275 e. The first-order valence-electron chi connectivity index (χ1n) is 11.7. The summed E-state index contributed by atoms with van der Waals surface area (Å²) in [5.74, 6) is -0.648. The van der Waals surface area contributed by atoms with Crippen LogP contribution in [-0.2, 0) is 0 Å². The van der Waals surface area contributed by atoms with E-state index in [2.05, 4.69) is 11.6 Å². The third-order valence-electron chi connectivity index (χ3n) is 6.70. The SMILES string of the molecule is C=Cc1ccccc1.CCN1C(=O)c2ccc3c(=O)n4c5ccccc5nc4c4ccc(c2c34)C1=O. The lowest BCUT2D eigenvalue weighted by Gasteiger charge is -2.26. The lowest BCUT2D eigenvalue weighted by atomic mass is 9.90. The molecule has 2 aromatic heterocycles. The lowest BCUT2D eigenvalue weighted by Crippen LogP contribution is -2.40. The number of hydrogen-bond donors (Lipinski definition) is 0. The first-order valence-corrected chi connectivity index (χ1v) is 11.7. The number of pyridine rings is 1. The Morgan fingerprint density at radius 2 is 1.42 bits per heavy atom. The van der Waals surface area contributed by atoms with Gasteiger partial charge in [0.1, 0.15) is 5.65 Å². The zero-order chi connectivity index (χ0) is 25.0. The van der Waals surface area contributed by atoms with Gasteiger partial charge in [-0.3, -0.25) is 23.7 Å². The minimum absolute atomic E-state index is 0.197. The number of imidazole rings is 1. The number of aromatic nitrogens is 2. The van der Waals surface area contributed by atoms with E-state index in [1.165, 1.54) is 10.5 Å². The summed E-state index contributed by atoms with van der Waals surface area (Å²) in [6, 6.07) is 24.4. The van der Waals surface area contributed by atoms with Crippen molar-refractivity contribution in [2.45, 2.75) is 6.92 Å². The van der Waals surface area contributed by atoms with Crippen molar-refractivity contribution in [3.8, 4) is 0 Å². The Kier molecular flexibility index (Phi) is 4.90. The second-order valence-corrected chi connectivity index (χ2v) is 8.61. The summed E-state index contributed by atoms with van der Waals surface area (Å²) in [6.45, 7) is 5.71. The van der Waals surface area contributed by atoms with Gasteiger partial charge in [0.15, 0.2) is 0 Å². The Hall–Kier alpha value is -4.84. The van der Waals surface area contributed by atoms with Crippen molar-refractivity contribution in [3.05, 3.63) is 112 Å². The zero-order valence-electron chi connectivity index (χ0n) is 19.6. The third kappa shape index (κ3) is 2.98. The third-order valence-corrected chi connectivity index (χ3v) is 6.70. The van der Waals surface area contributed by atoms with Crippen molar-refractivity contribution < 1.29 is 9.59 Å². The van der Waals surface area contributed by atoms with Gasteiger partial charge >= 0.3 is 0 Å². The van der Waals surface area contributed by atoms with Crippen LogP contribution in [0.5, 0.6) is 0 Å². The molecule has 0 saturated carbocycles. The molecule has 0 saturated heterocycles. The first kappa shape index (κ1) is 21.7. The minimum Gasteiger partial charge on any atom is -0.275 e. The molecule has 7 rings (SSSR count). The van der Waals surface area contributed by atoms with Crippen LogP contribution in [0, 0.1) is 0 Å². The summed E-state index contributed by atoms with van der Waals surface area (Å²) < 4.78 is 1.61. The highest BCUT2D eigenvalue weighted by atomic mass is 16.2. The van der Waals surface area contributed by atoms with E-state index in [0.29, 0.717) is 39.5 Å². The van der Waals surface area contributed by atoms with Crippen molar-refractivity contribution in [3.63, 3.8) is 0 Å². The maximum atomic E-state index is 13.3. The highest BCUT2D eigenvalue weighted by Gasteiger charge is 2.33. The maximum Gasteiger partial charge on any atom is 0.264 e. The zero-order valence-corrected chi connectivity index (χ0v) is 19.6. The second kappa shape index (κ2) is 8.13. The number of fused-ring (bicyclic) bond motifs is 4. The molecule has 0 aliphatic carbocycles. The second-order valence-electron chi connectivity index (χ2n) is 8.61. The fourth-order valence-corrected chi connectivity index (χ4v) is 5.01. The van der Waals surface area contributed by atoms with Gasteiger partial charge in [-0.25, -0.2) is 4.98 Å². The molecule has 1 aliphatic heterocycles. The van der Waals surface area contributed by atoms with Crippen LogP contribution in [0.4, 0.5) is 0 Å². The van der Waals surface area contributed by atoms with Crippen molar-refractivity contribution in [1.29, 1.82) is 0 Å². The Balaban J connectivity index is 0.000000258. The molecule has 6 heteroatoms. The van der Waals surface area contributed by atoms with E-state index in [9.17, 15) is 14.4 Å². The van der Waals surface area contributed by atoms with E-state index in [-0.39, 0.29) is 17.4 Å². The Labute approximate surface area is 206 Å². The van der Waals surface area contributed by atoms with E-state index in [0.717, 1.165) is 16.4 Å². The van der Waals surface area contributed by atoms with Gasteiger partial charge in [0.25, 0.3) is 17.4 Å². The molecule has 36 heavy (non-hydrogen) atoms. The molecule has 0 unspecified atom stereocenters. The molecule has 0 bridgehead atoms. The van der Waals surface area contributed by atoms with Gasteiger partial charge < -0.3 is 0 Å². The summed E-state index contributed by atoms with van der Waals surface area (Å²) >= 11 is 0. The van der Waals surface area contributed by atoms with Gasteiger partial charge in [0, 0.05) is 39.2 Å². The van der Waals surface area contributed by atoms with Crippen molar-refractivity contribution in [2.24, 2.45) is 0 Å². The van der Waals surface area contributed by atoms with E-state index < -0.39 is 0 Å². The molecule has 6 nitrogen and oxygen atoms in total. The van der Waals surface area contributed by atoms with Crippen LogP contribution in [0.3, 0.4) is 0 Å². The van der Waals surface area contributed by atoms with Gasteiger partial charge in [-0.1, -0.05) is 55.1 Å². The monoisotopic (exact) mass is 471 g/mol. The molecule has 6 aromatic rings. The average molecular weight is 472 g/mol. The summed E-state index contributed by atoms with van der Waals surface area (Å²) in [6.07, 6.45) is 1.83. The highest BCUT2D eigenvalue weighted by Crippen LogP contribution is 2.37. The van der Waals surface area contributed by atoms with Crippen LogP contribution >= 0.6 is 0 Å². The molecular formula is C30H21N3O3. The number of nitrogens with zero attached hydrogens (tertiary/aromatic N) is 3. The normalized spacial score (nSPS) is 13.0. The van der Waals surface area contributed by atoms with Gasteiger partial charge in [0.05, 0.1) is 11.0 Å². The minimum atomic E-state index is -0.324. The average Bonchev–Trinajstić information content (AvgIpc) is 3.32. The van der Waals surface area contributed by atoms with Crippen molar-refractivity contribution >= 4 is 56.1 Å². The number of hydrogen-bond acceptors (Lipinski definition) is 4. The van der Waals surface area contributed by atoms with Gasteiger partial charge in [0.2, 0.25) is 0 Å². The van der Waals surface area contributed by atoms with Gasteiger partial charge in [-0.2, -0.15) is 0 Å². The number of carbonyl (C=O) groups is 2. The van der Waals surface area contributed by atoms with Crippen LogP contribution in [0.15, 0.2) is 90.2 Å². The van der Waals surface area contributed by atoms with Crippen LogP contribution in [0.25, 0.3) is 44.3 Å². The number of carbonyl (C=O) groups excluding carboxylic acids is 2. The Bertz CT molecular complexity index is 1880. The number of benzene rings is 4. The smallest absolute Gasteiger partial charge is 0.264 e. The summed E-state index contributed by atoms with van der Waals surface area (Å²) in [4.78, 5) is 44.9. The van der Waals surface area contributed by atoms with Crippen LogP contribution < -0.4 is 5.56 Å². The van der Waals surface area contributed by atoms with E-state index in [4.69, 9.17) is 0 Å². The van der Waals surface area contributed by atoms with Gasteiger partial charge in [-0.05, 0) is 48.9 Å². The molecule has 3 heterocycles. The maximum absolute atomic E-state index is 13.3. The molecule has 0 N–H and O–H groups in total. The van der Waals surface area contributed by atoms with Crippen molar-refractivity contribution in [1.82, 2.24) is 14.3 Å². The number of para-hydroxylation sites is 2. The van der Waals surface area contributed by atoms with E-state index in [1.54, 1.807) is 29.5 Å². The highest BCUT2D eigenvalue weighted by molar-refractivity contribution is 6.31. The molecule has 0 fully saturated rings. The molecule has 4 aromatic carbocycles. The van der Waals surface area contributed by atoms with Crippen molar-refractivity contribution in [2.75, 3.05) is 6.54 Å². The number of imide groups is 1. The lowest BCUT2D eigenvalue weighted by molar-refractivity contribution is 0.0619. The van der Waals surface area contributed by atoms with E-state index >= 15 is 0 Å². The van der Waals surface area contributed by atoms with Crippen LogP contribution in [0.2, 0.25) is 0 Å². The number of amides is 2. The predicted molar refractivity (Wildman–Crippen MR) is 143 cm³/mol. The fraction of sp³-hybridized carbons (Fsp3) is 0.0667. The summed E-state index contributed by atoms with van der Waals surface area (Å²) in [7, 11) is 0. The quantitative estimate of drug-likeness (QED) is 0.311. The van der Waals surface area contributed by atoms with Gasteiger partial charge in [-0.15, -0.1) is 0 Å². The number of rotatable bonds is 2. The molecular weight excluding hydrogens is 450 g/mol. The molecule has 0 spiro atoms. The molecule has 174 valence electrons. The summed E-state index contributed by atoms with van der Waals surface area (Å²) in [5.41, 5.74) is 3.90. The molecule has 2 amide bonds. The van der Waals surface area contributed by atoms with E-state index in [1.807, 2.05) is 66.7 Å². The topological polar surface area (TPSA) is 71.8 Å². The standard InChI is InChI=1S/C22H13N3O3.C8H8/c1-2-24-20(26)12-8-7-11-17-14(10-9-13(18(12)17)21(24)27)22(28)25-16-6-4-3-5-15(16)23-19(11)25;1-2-8-6-4-3-5-7-8/h3-10H,2H2,1H3;2-7H,1H2. The fourth-order valence-electron chi connectivity index (χ4n) is 5.01. The Morgan fingerprint density at radius 1 is 0.778 bits per heavy atom.